The van der Waals surface area contributed by atoms with Crippen LogP contribution in [0.5, 0.6) is 0 Å². The number of alkyl carbamates (subject to hydrolysis) is 1. The highest BCUT2D eigenvalue weighted by Crippen LogP contribution is 2.40. The molecule has 1 aliphatic rings. The van der Waals surface area contributed by atoms with E-state index in [9.17, 15) is 9.59 Å². The Bertz CT molecular complexity index is 637. The molecule has 0 aliphatic heterocycles. The topological polar surface area (TPSA) is 73.9 Å². The Labute approximate surface area is 155 Å². The van der Waals surface area contributed by atoms with E-state index in [1.54, 1.807) is 7.11 Å². The van der Waals surface area contributed by atoms with Crippen molar-refractivity contribution in [1.82, 2.24) is 5.32 Å². The van der Waals surface area contributed by atoms with Crippen molar-refractivity contribution in [3.63, 3.8) is 0 Å². The number of fused-ring (bicyclic) bond motifs is 1. The third-order valence-electron chi connectivity index (χ3n) is 4.56. The molecule has 26 heavy (non-hydrogen) atoms. The number of esters is 1. The van der Waals surface area contributed by atoms with Crippen LogP contribution in [0.15, 0.2) is 24.3 Å². The van der Waals surface area contributed by atoms with Crippen LogP contribution in [-0.4, -0.2) is 44.5 Å². The van der Waals surface area contributed by atoms with E-state index in [1.165, 1.54) is 7.11 Å². The molecular weight excluding hydrogens is 334 g/mol. The van der Waals surface area contributed by atoms with E-state index in [2.05, 4.69) is 5.32 Å². The molecule has 144 valence electrons. The van der Waals surface area contributed by atoms with Gasteiger partial charge in [-0.05, 0) is 44.7 Å². The maximum atomic E-state index is 12.5. The van der Waals surface area contributed by atoms with Crippen molar-refractivity contribution in [3.05, 3.63) is 35.4 Å². The summed E-state index contributed by atoms with van der Waals surface area (Å²) in [4.78, 5) is 24.8. The van der Waals surface area contributed by atoms with E-state index in [1.807, 2.05) is 45.0 Å². The Morgan fingerprint density at radius 1 is 1.23 bits per heavy atom. The second-order valence-electron chi connectivity index (χ2n) is 7.59. The van der Waals surface area contributed by atoms with Gasteiger partial charge in [0.1, 0.15) is 5.60 Å². The predicted molar refractivity (Wildman–Crippen MR) is 98.0 cm³/mol. The van der Waals surface area contributed by atoms with Gasteiger partial charge in [0.05, 0.1) is 13.0 Å². The molecule has 1 aliphatic carbocycles. The summed E-state index contributed by atoms with van der Waals surface area (Å²) in [6, 6.07) is 7.73. The summed E-state index contributed by atoms with van der Waals surface area (Å²) in [5, 5.41) is 2.96. The van der Waals surface area contributed by atoms with Gasteiger partial charge in [0.2, 0.25) is 0 Å². The lowest BCUT2D eigenvalue weighted by Crippen LogP contribution is -2.44. The van der Waals surface area contributed by atoms with Crippen LogP contribution in [0.3, 0.4) is 0 Å². The number of methoxy groups -OCH3 is 2. The van der Waals surface area contributed by atoms with Gasteiger partial charge in [-0.1, -0.05) is 24.3 Å². The molecule has 1 unspecified atom stereocenters. The minimum atomic E-state index is -0.581. The summed E-state index contributed by atoms with van der Waals surface area (Å²) in [6.45, 7) is 5.91. The van der Waals surface area contributed by atoms with Crippen molar-refractivity contribution in [3.8, 4) is 0 Å². The molecular formula is C20H29NO5. The number of carbonyl (C=O) groups excluding carboxylic acids is 2. The number of hydrogen-bond acceptors (Lipinski definition) is 5. The third kappa shape index (κ3) is 4.97. The quantitative estimate of drug-likeness (QED) is 0.787. The SMILES string of the molecule is COCCC(C(=O)OC)[C@@H]1c2ccccc2C[C@H]1NC(=O)OC(C)(C)C. The fourth-order valence-corrected chi connectivity index (χ4v) is 3.56. The molecule has 0 radical (unpaired) electrons. The first-order valence-corrected chi connectivity index (χ1v) is 8.91. The molecule has 1 aromatic rings. The van der Waals surface area contributed by atoms with Crippen molar-refractivity contribution in [2.45, 2.75) is 51.2 Å². The first kappa shape index (κ1) is 20.2. The largest absolute Gasteiger partial charge is 0.469 e. The average Bonchev–Trinajstić information content (AvgIpc) is 2.91. The Balaban J connectivity index is 2.28. The number of benzene rings is 1. The number of amides is 1. The molecule has 0 saturated heterocycles. The summed E-state index contributed by atoms with van der Waals surface area (Å²) in [6.07, 6.45) is 0.700. The van der Waals surface area contributed by atoms with Crippen LogP contribution < -0.4 is 5.32 Å². The zero-order chi connectivity index (χ0) is 19.3. The third-order valence-corrected chi connectivity index (χ3v) is 4.56. The Morgan fingerprint density at radius 3 is 2.54 bits per heavy atom. The van der Waals surface area contributed by atoms with Gasteiger partial charge in [-0.15, -0.1) is 0 Å². The van der Waals surface area contributed by atoms with E-state index in [-0.39, 0.29) is 17.9 Å². The van der Waals surface area contributed by atoms with Gasteiger partial charge in [0, 0.05) is 25.7 Å². The predicted octanol–water partition coefficient (Wildman–Crippen LogP) is 3.05. The van der Waals surface area contributed by atoms with Crippen molar-refractivity contribution < 1.29 is 23.8 Å². The van der Waals surface area contributed by atoms with Crippen LogP contribution in [0, 0.1) is 5.92 Å². The van der Waals surface area contributed by atoms with Gasteiger partial charge < -0.3 is 19.5 Å². The Hall–Kier alpha value is -2.08. The van der Waals surface area contributed by atoms with E-state index in [0.717, 1.165) is 11.1 Å². The molecule has 1 aromatic carbocycles. The van der Waals surface area contributed by atoms with E-state index >= 15 is 0 Å². The molecule has 1 N–H and O–H groups in total. The standard InChI is InChI=1S/C20H29NO5/c1-20(2,3)26-19(23)21-16-12-13-8-6-7-9-14(13)17(16)15(10-11-24-4)18(22)25-5/h6-9,15-17H,10-12H2,1-5H3,(H,21,23)/t15?,16-,17+/m1/s1. The van der Waals surface area contributed by atoms with Crippen molar-refractivity contribution in [2.75, 3.05) is 20.8 Å². The zero-order valence-corrected chi connectivity index (χ0v) is 16.2. The Morgan fingerprint density at radius 2 is 1.92 bits per heavy atom. The summed E-state index contributed by atoms with van der Waals surface area (Å²) < 4.78 is 15.6. The van der Waals surface area contributed by atoms with E-state index in [0.29, 0.717) is 19.4 Å². The summed E-state index contributed by atoms with van der Waals surface area (Å²) >= 11 is 0. The number of hydrogen-bond donors (Lipinski definition) is 1. The first-order valence-electron chi connectivity index (χ1n) is 8.91. The molecule has 1 amide bonds. The maximum Gasteiger partial charge on any atom is 0.407 e. The van der Waals surface area contributed by atoms with Crippen LogP contribution in [0.1, 0.15) is 44.2 Å². The van der Waals surface area contributed by atoms with Crippen LogP contribution >= 0.6 is 0 Å². The second-order valence-corrected chi connectivity index (χ2v) is 7.59. The highest BCUT2D eigenvalue weighted by atomic mass is 16.6. The highest BCUT2D eigenvalue weighted by molar-refractivity contribution is 5.75. The van der Waals surface area contributed by atoms with Gasteiger partial charge in [-0.2, -0.15) is 0 Å². The number of carbonyl (C=O) groups is 2. The molecule has 6 nitrogen and oxygen atoms in total. The number of nitrogens with one attached hydrogen (secondary N) is 1. The molecule has 0 bridgehead atoms. The molecule has 0 spiro atoms. The minimum Gasteiger partial charge on any atom is -0.469 e. The van der Waals surface area contributed by atoms with Crippen molar-refractivity contribution in [2.24, 2.45) is 5.92 Å². The van der Waals surface area contributed by atoms with Gasteiger partial charge in [0.15, 0.2) is 0 Å². The summed E-state index contributed by atoms with van der Waals surface area (Å²) in [5.74, 6) is -0.871. The van der Waals surface area contributed by atoms with Crippen LogP contribution in [-0.2, 0) is 25.4 Å². The normalized spacial score (nSPS) is 20.2. The molecule has 0 fully saturated rings. The van der Waals surface area contributed by atoms with Crippen molar-refractivity contribution >= 4 is 12.1 Å². The second kappa shape index (κ2) is 8.54. The molecule has 2 rings (SSSR count). The van der Waals surface area contributed by atoms with Crippen LogP contribution in [0.25, 0.3) is 0 Å². The maximum absolute atomic E-state index is 12.5. The fourth-order valence-electron chi connectivity index (χ4n) is 3.56. The lowest BCUT2D eigenvalue weighted by atomic mass is 9.82. The van der Waals surface area contributed by atoms with E-state index < -0.39 is 17.6 Å². The molecule has 0 heterocycles. The number of rotatable bonds is 6. The smallest absolute Gasteiger partial charge is 0.407 e. The molecule has 3 atom stereocenters. The van der Waals surface area contributed by atoms with Gasteiger partial charge in [-0.3, -0.25) is 4.79 Å². The van der Waals surface area contributed by atoms with Crippen LogP contribution in [0.2, 0.25) is 0 Å². The fraction of sp³-hybridized carbons (Fsp3) is 0.600. The van der Waals surface area contributed by atoms with Gasteiger partial charge >= 0.3 is 12.1 Å². The lowest BCUT2D eigenvalue weighted by Gasteiger charge is -2.29. The molecule has 0 saturated carbocycles. The van der Waals surface area contributed by atoms with Gasteiger partial charge in [-0.25, -0.2) is 4.79 Å². The van der Waals surface area contributed by atoms with Crippen LogP contribution in [0.4, 0.5) is 4.79 Å². The monoisotopic (exact) mass is 363 g/mol. The average molecular weight is 363 g/mol. The highest BCUT2D eigenvalue weighted by Gasteiger charge is 2.42. The molecule has 6 heteroatoms. The van der Waals surface area contributed by atoms with Gasteiger partial charge in [0.25, 0.3) is 0 Å². The summed E-state index contributed by atoms with van der Waals surface area (Å²) in [7, 11) is 2.99. The summed E-state index contributed by atoms with van der Waals surface area (Å²) in [5.41, 5.74) is 1.62. The van der Waals surface area contributed by atoms with Crippen molar-refractivity contribution in [1.29, 1.82) is 0 Å². The minimum absolute atomic E-state index is 0.179. The number of ether oxygens (including phenoxy) is 3. The zero-order valence-electron chi connectivity index (χ0n) is 16.2. The lowest BCUT2D eigenvalue weighted by molar-refractivity contribution is -0.147. The first-order chi connectivity index (χ1) is 12.3. The molecule has 0 aromatic heterocycles. The Kier molecular flexibility index (Phi) is 6.64. The van der Waals surface area contributed by atoms with E-state index in [4.69, 9.17) is 14.2 Å².